The van der Waals surface area contributed by atoms with Crippen LogP contribution in [0.3, 0.4) is 0 Å². The summed E-state index contributed by atoms with van der Waals surface area (Å²) >= 11 is 0. The molecule has 244 valence electrons. The lowest BCUT2D eigenvalue weighted by Crippen LogP contribution is -3.00. The highest BCUT2D eigenvalue weighted by Gasteiger charge is 2.68. The second kappa shape index (κ2) is 12.2. The zero-order valence-corrected chi connectivity index (χ0v) is 28.8. The van der Waals surface area contributed by atoms with Crippen LogP contribution in [0.5, 0.6) is 0 Å². The fraction of sp³-hybridized carbons (Fsp3) is 0.943. The number of quaternary nitrogens is 1. The molecule has 10 atom stereocenters. The molecule has 0 amide bonds. The van der Waals surface area contributed by atoms with Crippen LogP contribution in [0.2, 0.25) is 0 Å². The summed E-state index contributed by atoms with van der Waals surface area (Å²) in [6, 6.07) is 0.755. The molecule has 0 spiro atoms. The lowest BCUT2D eigenvalue weighted by Gasteiger charge is -2.62. The first-order valence-corrected chi connectivity index (χ1v) is 17.6. The van der Waals surface area contributed by atoms with Gasteiger partial charge in [-0.2, -0.15) is 0 Å². The molecule has 7 nitrogen and oxygen atoms in total. The number of likely N-dealkylation sites (tertiary alicyclic amines) is 1. The van der Waals surface area contributed by atoms with Crippen molar-refractivity contribution < 1.29 is 45.3 Å². The predicted molar refractivity (Wildman–Crippen MR) is 160 cm³/mol. The molecule has 2 heterocycles. The Morgan fingerprint density at radius 2 is 1.58 bits per heavy atom. The van der Waals surface area contributed by atoms with E-state index in [4.69, 9.17) is 14.2 Å². The zero-order valence-electron chi connectivity index (χ0n) is 27.2. The van der Waals surface area contributed by atoms with Crippen LogP contribution >= 0.6 is 0 Å². The van der Waals surface area contributed by atoms with E-state index in [0.29, 0.717) is 29.7 Å². The van der Waals surface area contributed by atoms with E-state index in [-0.39, 0.29) is 58.0 Å². The third-order valence-corrected chi connectivity index (χ3v) is 14.2. The van der Waals surface area contributed by atoms with Gasteiger partial charge in [0.05, 0.1) is 32.8 Å². The fourth-order valence-electron chi connectivity index (χ4n) is 12.2. The number of morpholine rings is 1. The van der Waals surface area contributed by atoms with Crippen LogP contribution in [0, 0.1) is 40.4 Å². The number of carbonyl (C=O) groups is 2. The number of esters is 2. The Hall–Kier alpha value is -0.700. The molecule has 0 N–H and O–H groups in total. The molecule has 0 aromatic carbocycles. The Morgan fingerprint density at radius 1 is 0.884 bits per heavy atom. The first-order valence-electron chi connectivity index (χ1n) is 17.6. The highest BCUT2D eigenvalue weighted by atomic mass is 79.9. The van der Waals surface area contributed by atoms with E-state index < -0.39 is 0 Å². The van der Waals surface area contributed by atoms with Crippen LogP contribution in [0.1, 0.15) is 98.3 Å². The van der Waals surface area contributed by atoms with E-state index in [1.54, 1.807) is 13.8 Å². The number of hydrogen-bond acceptors (Lipinski definition) is 6. The van der Waals surface area contributed by atoms with Crippen LogP contribution in [0.4, 0.5) is 0 Å². The van der Waals surface area contributed by atoms with Gasteiger partial charge in [0.15, 0.2) is 6.10 Å². The van der Waals surface area contributed by atoms with Gasteiger partial charge in [0, 0.05) is 63.6 Å². The summed E-state index contributed by atoms with van der Waals surface area (Å²) in [5, 5.41) is 0. The largest absolute Gasteiger partial charge is 1.00 e. The Morgan fingerprint density at radius 3 is 2.23 bits per heavy atom. The van der Waals surface area contributed by atoms with Gasteiger partial charge in [-0.3, -0.25) is 14.5 Å². The summed E-state index contributed by atoms with van der Waals surface area (Å²) in [7, 11) is 0. The molecule has 0 unspecified atom stereocenters. The highest BCUT2D eigenvalue weighted by Crippen LogP contribution is 2.68. The maximum atomic E-state index is 12.7. The molecule has 2 aliphatic heterocycles. The van der Waals surface area contributed by atoms with Gasteiger partial charge in [-0.05, 0) is 80.5 Å². The van der Waals surface area contributed by atoms with Gasteiger partial charge < -0.3 is 35.7 Å². The van der Waals surface area contributed by atoms with Crippen molar-refractivity contribution in [2.24, 2.45) is 40.4 Å². The Balaban J connectivity index is 0.00000329. The van der Waals surface area contributed by atoms with Gasteiger partial charge in [0.2, 0.25) is 0 Å². The second-order valence-electron chi connectivity index (χ2n) is 16.3. The minimum absolute atomic E-state index is 0. The summed E-state index contributed by atoms with van der Waals surface area (Å²) in [6.07, 6.45) is 13.8. The van der Waals surface area contributed by atoms with Crippen LogP contribution in [0.15, 0.2) is 0 Å². The number of fused-ring (bicyclic) bond motifs is 5. The molecule has 0 aromatic rings. The van der Waals surface area contributed by atoms with Crippen molar-refractivity contribution in [2.75, 3.05) is 45.9 Å². The van der Waals surface area contributed by atoms with Gasteiger partial charge in [-0.15, -0.1) is 0 Å². The number of halogens is 1. The van der Waals surface area contributed by atoms with Crippen molar-refractivity contribution in [3.63, 3.8) is 0 Å². The van der Waals surface area contributed by atoms with E-state index >= 15 is 0 Å². The van der Waals surface area contributed by atoms with Crippen molar-refractivity contribution in [2.45, 2.75) is 123 Å². The van der Waals surface area contributed by atoms with E-state index in [1.165, 1.54) is 81.9 Å². The van der Waals surface area contributed by atoms with E-state index in [9.17, 15) is 9.59 Å². The molecule has 0 bridgehead atoms. The molecular formula is C35H57BrN2O5. The Kier molecular flexibility index (Phi) is 9.11. The summed E-state index contributed by atoms with van der Waals surface area (Å²) in [4.78, 5) is 27.4. The molecule has 0 radical (unpaired) electrons. The van der Waals surface area contributed by atoms with Crippen molar-refractivity contribution >= 4 is 11.9 Å². The van der Waals surface area contributed by atoms with Crippen LogP contribution in [-0.4, -0.2) is 91.6 Å². The van der Waals surface area contributed by atoms with Crippen LogP contribution in [-0.2, 0) is 23.8 Å². The quantitative estimate of drug-likeness (QED) is 0.321. The Labute approximate surface area is 270 Å². The van der Waals surface area contributed by atoms with Crippen molar-refractivity contribution in [1.82, 2.24) is 4.90 Å². The van der Waals surface area contributed by atoms with Crippen molar-refractivity contribution in [3.8, 4) is 0 Å². The van der Waals surface area contributed by atoms with Gasteiger partial charge in [-0.1, -0.05) is 13.8 Å². The lowest BCUT2D eigenvalue weighted by molar-refractivity contribution is -0.944. The summed E-state index contributed by atoms with van der Waals surface area (Å²) in [6.45, 7) is 15.7. The highest BCUT2D eigenvalue weighted by molar-refractivity contribution is 5.66. The number of nitrogens with zero attached hydrogens (tertiary/aromatic N) is 2. The van der Waals surface area contributed by atoms with E-state index in [0.717, 1.165) is 45.1 Å². The molecule has 7 fully saturated rings. The average Bonchev–Trinajstić information content (AvgIpc) is 3.55. The molecule has 5 aliphatic carbocycles. The van der Waals surface area contributed by atoms with Crippen LogP contribution < -0.4 is 17.0 Å². The topological polar surface area (TPSA) is 65.1 Å². The second-order valence-corrected chi connectivity index (χ2v) is 16.3. The SMILES string of the molecule is CC(=O)O[C@H]1C[C@H]2CC[C@@H]3[C@H](CC[C@@]4(C)[C@H]3C[C@@H]([N+]3(CC5CC5)CCCC3)[C@@H]4OC(C)=O)[C@@]2(C)C[C@@H]1N1CCOCC1.[Br-]. The fourth-order valence-corrected chi connectivity index (χ4v) is 12.2. The normalized spacial score (nSPS) is 45.7. The molecule has 7 aliphatic rings. The lowest BCUT2D eigenvalue weighted by atomic mass is 9.44. The van der Waals surface area contributed by atoms with Crippen LogP contribution in [0.25, 0.3) is 0 Å². The summed E-state index contributed by atoms with van der Waals surface area (Å²) in [5.41, 5.74) is 0.337. The van der Waals surface area contributed by atoms with Gasteiger partial charge in [-0.25, -0.2) is 0 Å². The third kappa shape index (κ3) is 5.65. The number of ether oxygens (including phenoxy) is 3. The van der Waals surface area contributed by atoms with Crippen molar-refractivity contribution in [3.05, 3.63) is 0 Å². The standard InChI is InChI=1S/C35H57N2O5.BrH/c1-23(38)41-32-19-26-9-10-27-28(35(26,4)21-30(32)36-13-17-40-18-14-36)11-12-34(3)29(27)20-31(33(34)42-24(2)39)37(15-5-6-16-37)22-25-7-8-25;/h25-33H,5-22H2,1-4H3;1H/q+1;/p-1/t26-,27-,28+,29+,30+,31-,32+,33+,34+,35+;/m1./s1. The number of rotatable bonds is 6. The number of carbonyl (C=O) groups excluding carboxylic acids is 2. The molecular weight excluding hydrogens is 608 g/mol. The number of hydrogen-bond donors (Lipinski definition) is 0. The maximum absolute atomic E-state index is 12.7. The molecule has 43 heavy (non-hydrogen) atoms. The molecule has 0 aromatic heterocycles. The molecule has 2 saturated heterocycles. The third-order valence-electron chi connectivity index (χ3n) is 14.2. The zero-order chi connectivity index (χ0) is 29.3. The minimum Gasteiger partial charge on any atom is -1.00 e. The van der Waals surface area contributed by atoms with E-state index in [1.807, 2.05) is 0 Å². The monoisotopic (exact) mass is 664 g/mol. The van der Waals surface area contributed by atoms with Gasteiger partial charge in [0.25, 0.3) is 0 Å². The molecule has 7 rings (SSSR count). The summed E-state index contributed by atoms with van der Waals surface area (Å²) in [5.74, 6) is 3.32. The first-order chi connectivity index (χ1) is 20.1. The molecule has 8 heteroatoms. The maximum Gasteiger partial charge on any atom is 0.303 e. The molecule has 5 saturated carbocycles. The first kappa shape index (κ1) is 32.2. The minimum atomic E-state index is -0.136. The van der Waals surface area contributed by atoms with Gasteiger partial charge >= 0.3 is 11.9 Å². The summed E-state index contributed by atoms with van der Waals surface area (Å²) < 4.78 is 19.5. The smallest absolute Gasteiger partial charge is 0.303 e. The Bertz CT molecular complexity index is 1040. The van der Waals surface area contributed by atoms with Gasteiger partial charge in [0.1, 0.15) is 12.1 Å². The predicted octanol–water partition coefficient (Wildman–Crippen LogP) is 2.21. The van der Waals surface area contributed by atoms with Crippen molar-refractivity contribution in [1.29, 1.82) is 0 Å². The average molecular weight is 666 g/mol. The van der Waals surface area contributed by atoms with E-state index in [2.05, 4.69) is 18.7 Å².